The van der Waals surface area contributed by atoms with Crippen LogP contribution in [0.1, 0.15) is 52.4 Å². The molecule has 0 spiro atoms. The fourth-order valence-corrected chi connectivity index (χ4v) is 2.74. The van der Waals surface area contributed by atoms with E-state index in [9.17, 15) is 9.90 Å². The Morgan fingerprint density at radius 3 is 2.76 bits per heavy atom. The lowest BCUT2D eigenvalue weighted by Gasteiger charge is -2.40. The number of hydrogen-bond donors (Lipinski definition) is 2. The topological polar surface area (TPSA) is 66.6 Å². The van der Waals surface area contributed by atoms with Crippen molar-refractivity contribution in [3.8, 4) is 0 Å². The molecule has 0 aliphatic heterocycles. The molecule has 1 saturated carbocycles. The molecule has 1 rings (SSSR count). The Balaban J connectivity index is 2.60. The van der Waals surface area contributed by atoms with Crippen LogP contribution in [0.4, 0.5) is 0 Å². The van der Waals surface area contributed by atoms with E-state index in [1.807, 2.05) is 0 Å². The minimum atomic E-state index is -0.997. The Morgan fingerprint density at radius 1 is 1.53 bits per heavy atom. The van der Waals surface area contributed by atoms with Crippen molar-refractivity contribution in [3.05, 3.63) is 0 Å². The molecule has 0 heterocycles. The molecule has 1 aliphatic carbocycles. The molecular formula is C13H26N2O2. The molecule has 4 heteroatoms. The molecule has 0 radical (unpaired) electrons. The van der Waals surface area contributed by atoms with Crippen LogP contribution < -0.4 is 5.73 Å². The summed E-state index contributed by atoms with van der Waals surface area (Å²) in [5.74, 6) is -0.839. The SMILES string of the molecule is CCCCN(CC)C1CCCC(N)(C(=O)O)C1. The molecule has 100 valence electrons. The first-order chi connectivity index (χ1) is 8.03. The van der Waals surface area contributed by atoms with Gasteiger partial charge in [0.25, 0.3) is 0 Å². The smallest absolute Gasteiger partial charge is 0.323 e. The van der Waals surface area contributed by atoms with Gasteiger partial charge in [-0.25, -0.2) is 0 Å². The maximum atomic E-state index is 11.2. The molecule has 2 unspecified atom stereocenters. The number of rotatable bonds is 6. The Kier molecular flexibility index (Phi) is 5.40. The predicted molar refractivity (Wildman–Crippen MR) is 69.0 cm³/mol. The van der Waals surface area contributed by atoms with Gasteiger partial charge in [0.1, 0.15) is 5.54 Å². The first-order valence-electron chi connectivity index (χ1n) is 6.79. The van der Waals surface area contributed by atoms with E-state index in [4.69, 9.17) is 5.73 Å². The first-order valence-corrected chi connectivity index (χ1v) is 6.79. The summed E-state index contributed by atoms with van der Waals surface area (Å²) < 4.78 is 0. The van der Waals surface area contributed by atoms with E-state index in [1.165, 1.54) is 12.8 Å². The van der Waals surface area contributed by atoms with Crippen LogP contribution in [0.2, 0.25) is 0 Å². The molecule has 0 bridgehead atoms. The summed E-state index contributed by atoms with van der Waals surface area (Å²) in [5, 5.41) is 9.20. The van der Waals surface area contributed by atoms with E-state index in [-0.39, 0.29) is 0 Å². The summed E-state index contributed by atoms with van der Waals surface area (Å²) in [6.45, 7) is 6.37. The number of aliphatic carboxylic acids is 1. The van der Waals surface area contributed by atoms with Gasteiger partial charge in [-0.3, -0.25) is 4.79 Å². The molecule has 1 aliphatic rings. The Morgan fingerprint density at radius 2 is 2.24 bits per heavy atom. The third-order valence-electron chi connectivity index (χ3n) is 3.91. The van der Waals surface area contributed by atoms with Gasteiger partial charge in [-0.05, 0) is 45.2 Å². The fraction of sp³-hybridized carbons (Fsp3) is 0.923. The van der Waals surface area contributed by atoms with E-state index < -0.39 is 11.5 Å². The average Bonchev–Trinajstić information content (AvgIpc) is 2.30. The van der Waals surface area contributed by atoms with Crippen molar-refractivity contribution in [2.24, 2.45) is 5.73 Å². The molecule has 3 N–H and O–H groups in total. The third-order valence-corrected chi connectivity index (χ3v) is 3.91. The zero-order valence-corrected chi connectivity index (χ0v) is 11.1. The van der Waals surface area contributed by atoms with Gasteiger partial charge in [0.2, 0.25) is 0 Å². The van der Waals surface area contributed by atoms with Gasteiger partial charge in [-0.2, -0.15) is 0 Å². The van der Waals surface area contributed by atoms with Crippen LogP contribution in [0.15, 0.2) is 0 Å². The second kappa shape index (κ2) is 6.36. The normalized spacial score (nSPS) is 29.5. The highest BCUT2D eigenvalue weighted by molar-refractivity contribution is 5.78. The lowest BCUT2D eigenvalue weighted by molar-refractivity contribution is -0.145. The van der Waals surface area contributed by atoms with Crippen LogP contribution in [0.25, 0.3) is 0 Å². The number of nitrogens with zero attached hydrogens (tertiary/aromatic N) is 1. The maximum absolute atomic E-state index is 11.2. The molecule has 0 saturated heterocycles. The van der Waals surface area contributed by atoms with Crippen LogP contribution in [0.3, 0.4) is 0 Å². The number of hydrogen-bond acceptors (Lipinski definition) is 3. The number of nitrogens with two attached hydrogens (primary N) is 1. The van der Waals surface area contributed by atoms with Crippen molar-refractivity contribution in [1.29, 1.82) is 0 Å². The molecule has 2 atom stereocenters. The van der Waals surface area contributed by atoms with Gasteiger partial charge >= 0.3 is 5.97 Å². The standard InChI is InChI=1S/C13H26N2O2/c1-3-5-9-15(4-2)11-7-6-8-13(14,10-11)12(16)17/h11H,3-10,14H2,1-2H3,(H,16,17). The zero-order chi connectivity index (χ0) is 12.9. The van der Waals surface area contributed by atoms with Crippen LogP contribution in [0, 0.1) is 0 Å². The third kappa shape index (κ3) is 3.68. The van der Waals surface area contributed by atoms with Crippen molar-refractivity contribution >= 4 is 5.97 Å². The Bertz CT molecular complexity index is 258. The highest BCUT2D eigenvalue weighted by Crippen LogP contribution is 2.29. The van der Waals surface area contributed by atoms with Crippen LogP contribution in [-0.4, -0.2) is 40.6 Å². The quantitative estimate of drug-likeness (QED) is 0.745. The largest absolute Gasteiger partial charge is 0.480 e. The van der Waals surface area contributed by atoms with E-state index in [0.717, 1.165) is 25.9 Å². The van der Waals surface area contributed by atoms with Crippen LogP contribution in [0.5, 0.6) is 0 Å². The van der Waals surface area contributed by atoms with Crippen molar-refractivity contribution in [3.63, 3.8) is 0 Å². The summed E-state index contributed by atoms with van der Waals surface area (Å²) in [5.41, 5.74) is 4.99. The van der Waals surface area contributed by atoms with Gasteiger partial charge in [0.15, 0.2) is 0 Å². The molecule has 0 aromatic heterocycles. The lowest BCUT2D eigenvalue weighted by atomic mass is 9.79. The zero-order valence-electron chi connectivity index (χ0n) is 11.1. The number of unbranched alkanes of at least 4 members (excludes halogenated alkanes) is 1. The minimum absolute atomic E-state index is 0.349. The van der Waals surface area contributed by atoms with E-state index >= 15 is 0 Å². The second-order valence-electron chi connectivity index (χ2n) is 5.19. The first kappa shape index (κ1) is 14.5. The molecule has 1 fully saturated rings. The monoisotopic (exact) mass is 242 g/mol. The maximum Gasteiger partial charge on any atom is 0.323 e. The summed E-state index contributed by atoms with van der Waals surface area (Å²) >= 11 is 0. The van der Waals surface area contributed by atoms with Crippen LogP contribution in [-0.2, 0) is 4.79 Å². The predicted octanol–water partition coefficient (Wildman–Crippen LogP) is 1.83. The summed E-state index contributed by atoms with van der Waals surface area (Å²) in [4.78, 5) is 13.6. The van der Waals surface area contributed by atoms with E-state index in [0.29, 0.717) is 18.9 Å². The molecule has 0 amide bonds. The van der Waals surface area contributed by atoms with Gasteiger partial charge in [0.05, 0.1) is 0 Å². The Hall–Kier alpha value is -0.610. The van der Waals surface area contributed by atoms with Gasteiger partial charge in [-0.1, -0.05) is 20.3 Å². The number of carbonyl (C=O) groups is 1. The van der Waals surface area contributed by atoms with Crippen molar-refractivity contribution in [2.45, 2.75) is 64.0 Å². The van der Waals surface area contributed by atoms with Crippen molar-refractivity contribution in [2.75, 3.05) is 13.1 Å². The van der Waals surface area contributed by atoms with Crippen molar-refractivity contribution < 1.29 is 9.90 Å². The van der Waals surface area contributed by atoms with Gasteiger partial charge in [0, 0.05) is 6.04 Å². The minimum Gasteiger partial charge on any atom is -0.480 e. The van der Waals surface area contributed by atoms with Gasteiger partial charge in [-0.15, -0.1) is 0 Å². The summed E-state index contributed by atoms with van der Waals surface area (Å²) in [6.07, 6.45) is 5.58. The molecular weight excluding hydrogens is 216 g/mol. The highest BCUT2D eigenvalue weighted by Gasteiger charge is 2.40. The summed E-state index contributed by atoms with van der Waals surface area (Å²) in [6, 6.07) is 0.349. The number of carboxylic acid groups (broad SMARTS) is 1. The highest BCUT2D eigenvalue weighted by atomic mass is 16.4. The van der Waals surface area contributed by atoms with E-state index in [1.54, 1.807) is 0 Å². The van der Waals surface area contributed by atoms with Crippen molar-refractivity contribution in [1.82, 2.24) is 4.90 Å². The number of carboxylic acids is 1. The van der Waals surface area contributed by atoms with Crippen LogP contribution >= 0.6 is 0 Å². The Labute approximate surface area is 104 Å². The molecule has 0 aromatic carbocycles. The summed E-state index contributed by atoms with van der Waals surface area (Å²) in [7, 11) is 0. The molecule has 0 aromatic rings. The lowest BCUT2D eigenvalue weighted by Crippen LogP contribution is -2.55. The second-order valence-corrected chi connectivity index (χ2v) is 5.19. The molecule has 4 nitrogen and oxygen atoms in total. The molecule has 17 heavy (non-hydrogen) atoms. The van der Waals surface area contributed by atoms with Gasteiger partial charge < -0.3 is 15.7 Å². The fourth-order valence-electron chi connectivity index (χ4n) is 2.74. The average molecular weight is 242 g/mol. The van der Waals surface area contributed by atoms with E-state index in [2.05, 4.69) is 18.7 Å².